The number of H-pyrrole nitrogens is 1. The van der Waals surface area contributed by atoms with Crippen molar-refractivity contribution in [3.63, 3.8) is 0 Å². The molecule has 26 heavy (non-hydrogen) atoms. The van der Waals surface area contributed by atoms with Gasteiger partial charge in [0.25, 0.3) is 5.69 Å². The molecule has 3 aromatic rings. The first kappa shape index (κ1) is 17.9. The van der Waals surface area contributed by atoms with Gasteiger partial charge in [0, 0.05) is 29.3 Å². The van der Waals surface area contributed by atoms with Crippen molar-refractivity contribution < 1.29 is 14.4 Å². The summed E-state index contributed by atoms with van der Waals surface area (Å²) in [5, 5.41) is 11.6. The topological polar surface area (TPSA) is 103 Å². The Kier molecular flexibility index (Phi) is 5.21. The third kappa shape index (κ3) is 3.85. The molecule has 0 aliphatic carbocycles. The van der Waals surface area contributed by atoms with Gasteiger partial charge >= 0.3 is 0 Å². The highest BCUT2D eigenvalue weighted by Crippen LogP contribution is 2.29. The van der Waals surface area contributed by atoms with Gasteiger partial charge in [0.15, 0.2) is 0 Å². The van der Waals surface area contributed by atoms with E-state index in [1.165, 1.54) is 12.1 Å². The molecule has 134 valence electrons. The molecule has 1 aromatic heterocycles. The average Bonchev–Trinajstić information content (AvgIpc) is 3.05. The number of nitro groups is 1. The Morgan fingerprint density at radius 3 is 2.65 bits per heavy atom. The fraction of sp³-hybridized carbons (Fsp3) is 0.167. The summed E-state index contributed by atoms with van der Waals surface area (Å²) in [7, 11) is 5.08. The van der Waals surface area contributed by atoms with Gasteiger partial charge in [0.2, 0.25) is 0 Å². The maximum absolute atomic E-state index is 10.7. The Balaban J connectivity index is 1.65. The highest BCUT2D eigenvalue weighted by molar-refractivity contribution is 7.21. The van der Waals surface area contributed by atoms with Crippen LogP contribution in [0.2, 0.25) is 0 Å². The van der Waals surface area contributed by atoms with Gasteiger partial charge in [-0.25, -0.2) is 0 Å². The SMILES string of the molecule is COc1cc(N)cc2cc(C(=P)OCCc3ccc([N+](=O)[O-])cc3)[nH]c12. The van der Waals surface area contributed by atoms with Crippen LogP contribution in [-0.4, -0.2) is 29.1 Å². The van der Waals surface area contributed by atoms with E-state index in [0.717, 1.165) is 22.2 Å². The summed E-state index contributed by atoms with van der Waals surface area (Å²) in [6.07, 6.45) is 0.627. The predicted octanol–water partition coefficient (Wildman–Crippen LogP) is 3.55. The molecule has 0 spiro atoms. The summed E-state index contributed by atoms with van der Waals surface area (Å²) in [5.74, 6) is 0.664. The number of hydrogen-bond acceptors (Lipinski definition) is 5. The van der Waals surface area contributed by atoms with E-state index in [1.54, 1.807) is 25.3 Å². The molecule has 0 radical (unpaired) electrons. The summed E-state index contributed by atoms with van der Waals surface area (Å²) in [6, 6.07) is 12.0. The molecular weight excluding hydrogens is 353 g/mol. The minimum atomic E-state index is -0.415. The first-order valence-corrected chi connectivity index (χ1v) is 8.39. The van der Waals surface area contributed by atoms with Crippen LogP contribution in [0.5, 0.6) is 5.75 Å². The van der Waals surface area contributed by atoms with E-state index in [9.17, 15) is 10.1 Å². The molecule has 2 aromatic carbocycles. The number of benzene rings is 2. The number of anilines is 1. The van der Waals surface area contributed by atoms with Crippen LogP contribution < -0.4 is 10.5 Å². The molecular formula is C18H18N3O4P. The molecule has 3 rings (SSSR count). The fourth-order valence-corrected chi connectivity index (χ4v) is 2.89. The van der Waals surface area contributed by atoms with Gasteiger partial charge in [-0.3, -0.25) is 10.1 Å². The number of nitrogens with zero attached hydrogens (tertiary/aromatic N) is 1. The molecule has 0 saturated carbocycles. The maximum atomic E-state index is 10.7. The summed E-state index contributed by atoms with van der Waals surface area (Å²) < 4.78 is 11.1. The number of hydrogen-bond donors (Lipinski definition) is 2. The van der Waals surface area contributed by atoms with Crippen molar-refractivity contribution in [1.82, 2.24) is 4.98 Å². The van der Waals surface area contributed by atoms with Gasteiger partial charge in [-0.2, -0.15) is 0 Å². The average molecular weight is 371 g/mol. The molecule has 3 N–H and O–H groups in total. The predicted molar refractivity (Wildman–Crippen MR) is 104 cm³/mol. The number of nitrogen functional groups attached to an aromatic ring is 1. The molecule has 0 aliphatic heterocycles. The van der Waals surface area contributed by atoms with Crippen molar-refractivity contribution in [3.05, 3.63) is 63.8 Å². The summed E-state index contributed by atoms with van der Waals surface area (Å²) in [6.45, 7) is 0.422. The summed E-state index contributed by atoms with van der Waals surface area (Å²) in [4.78, 5) is 13.5. The molecule has 0 bridgehead atoms. The van der Waals surface area contributed by atoms with Crippen LogP contribution in [0.1, 0.15) is 11.3 Å². The Bertz CT molecular complexity index is 966. The normalized spacial score (nSPS) is 10.8. The number of non-ortho nitro benzene ring substituents is 1. The van der Waals surface area contributed by atoms with Crippen LogP contribution in [0, 0.1) is 10.1 Å². The van der Waals surface area contributed by atoms with E-state index in [0.29, 0.717) is 29.9 Å². The van der Waals surface area contributed by atoms with Crippen LogP contribution in [0.3, 0.4) is 0 Å². The van der Waals surface area contributed by atoms with E-state index in [1.807, 2.05) is 12.1 Å². The lowest BCUT2D eigenvalue weighted by molar-refractivity contribution is -0.384. The third-order valence-electron chi connectivity index (χ3n) is 3.96. The van der Waals surface area contributed by atoms with Gasteiger partial charge in [-0.05, 0) is 24.1 Å². The Hall–Kier alpha value is -2.89. The lowest BCUT2D eigenvalue weighted by Crippen LogP contribution is -2.07. The van der Waals surface area contributed by atoms with Gasteiger partial charge in [0.05, 0.1) is 29.9 Å². The summed E-state index contributed by atoms with van der Waals surface area (Å²) >= 11 is 0. The number of aromatic nitrogens is 1. The molecule has 0 saturated heterocycles. The lowest BCUT2D eigenvalue weighted by atomic mass is 10.1. The number of rotatable bonds is 7. The van der Waals surface area contributed by atoms with Crippen LogP contribution in [0.15, 0.2) is 42.5 Å². The zero-order valence-electron chi connectivity index (χ0n) is 14.1. The van der Waals surface area contributed by atoms with Crippen molar-refractivity contribution in [3.8, 4) is 5.75 Å². The Labute approximate surface area is 152 Å². The van der Waals surface area contributed by atoms with E-state index in [4.69, 9.17) is 15.2 Å². The quantitative estimate of drug-likeness (QED) is 0.286. The van der Waals surface area contributed by atoms with Crippen LogP contribution in [-0.2, 0) is 11.2 Å². The largest absolute Gasteiger partial charge is 0.494 e. The Morgan fingerprint density at radius 1 is 1.27 bits per heavy atom. The number of methoxy groups -OCH3 is 1. The van der Waals surface area contributed by atoms with Crippen LogP contribution in [0.25, 0.3) is 10.9 Å². The van der Waals surface area contributed by atoms with Crippen LogP contribution in [0.4, 0.5) is 11.4 Å². The van der Waals surface area contributed by atoms with Crippen molar-refractivity contribution in [2.75, 3.05) is 19.5 Å². The summed E-state index contributed by atoms with van der Waals surface area (Å²) in [5.41, 5.74) is 9.70. The third-order valence-corrected chi connectivity index (χ3v) is 4.38. The highest BCUT2D eigenvalue weighted by atomic mass is 31.0. The smallest absolute Gasteiger partial charge is 0.269 e. The van der Waals surface area contributed by atoms with Crippen molar-refractivity contribution >= 4 is 36.6 Å². The maximum Gasteiger partial charge on any atom is 0.269 e. The fourth-order valence-electron chi connectivity index (χ4n) is 2.65. The monoisotopic (exact) mass is 371 g/mol. The highest BCUT2D eigenvalue weighted by Gasteiger charge is 2.11. The minimum Gasteiger partial charge on any atom is -0.494 e. The number of fused-ring (bicyclic) bond motifs is 1. The molecule has 0 unspecified atom stereocenters. The number of nitro benzene ring substituents is 1. The van der Waals surface area contributed by atoms with Gasteiger partial charge in [-0.1, -0.05) is 21.0 Å². The second kappa shape index (κ2) is 7.56. The number of nitrogens with two attached hydrogens (primary N) is 1. The van der Waals surface area contributed by atoms with Gasteiger partial charge in [0.1, 0.15) is 11.2 Å². The molecule has 0 atom stereocenters. The van der Waals surface area contributed by atoms with Crippen molar-refractivity contribution in [2.45, 2.75) is 6.42 Å². The number of nitrogens with one attached hydrogen (secondary N) is 1. The number of ether oxygens (including phenoxy) is 2. The van der Waals surface area contributed by atoms with E-state index in [2.05, 4.69) is 13.8 Å². The van der Waals surface area contributed by atoms with E-state index < -0.39 is 4.92 Å². The van der Waals surface area contributed by atoms with E-state index in [-0.39, 0.29) is 5.69 Å². The van der Waals surface area contributed by atoms with Crippen molar-refractivity contribution in [1.29, 1.82) is 0 Å². The lowest BCUT2D eigenvalue weighted by Gasteiger charge is -2.05. The zero-order valence-corrected chi connectivity index (χ0v) is 15.1. The zero-order chi connectivity index (χ0) is 18.7. The molecule has 0 amide bonds. The molecule has 0 fully saturated rings. The molecule has 8 heteroatoms. The second-order valence-corrected chi connectivity index (χ2v) is 6.18. The molecule has 7 nitrogen and oxygen atoms in total. The van der Waals surface area contributed by atoms with Crippen LogP contribution >= 0.6 is 8.86 Å². The minimum absolute atomic E-state index is 0.0772. The van der Waals surface area contributed by atoms with Gasteiger partial charge < -0.3 is 20.2 Å². The molecule has 1 heterocycles. The molecule has 0 aliphatic rings. The second-order valence-electron chi connectivity index (χ2n) is 5.72. The van der Waals surface area contributed by atoms with Gasteiger partial charge in [-0.15, -0.1) is 0 Å². The standard InChI is InChI=1S/C18H18N3O4P/c1-24-16-10-13(19)8-12-9-15(20-17(12)16)18(26)25-7-6-11-2-4-14(5-3-11)21(22)23/h2-5,8-10,20,26H,6-7,19H2,1H3. The first-order chi connectivity index (χ1) is 12.5. The number of aromatic amines is 1. The van der Waals surface area contributed by atoms with E-state index >= 15 is 0 Å². The Morgan fingerprint density at radius 2 is 2.00 bits per heavy atom. The first-order valence-electron chi connectivity index (χ1n) is 7.89. The van der Waals surface area contributed by atoms with Crippen molar-refractivity contribution in [2.24, 2.45) is 0 Å².